The number of aliphatic hydroxyl groups is 1. The van der Waals surface area contributed by atoms with E-state index in [4.69, 9.17) is 18.5 Å². The lowest BCUT2D eigenvalue weighted by molar-refractivity contribution is -0.250. The van der Waals surface area contributed by atoms with Crippen LogP contribution in [-0.2, 0) is 37.2 Å². The quantitative estimate of drug-likeness (QED) is 0.0526. The van der Waals surface area contributed by atoms with E-state index in [1.54, 1.807) is 0 Å². The molecule has 42 heavy (non-hydrogen) atoms. The number of unbranched alkanes of at least 4 members (excludes halogenated alkanes) is 12. The number of rotatable bonds is 23. The molecule has 0 aromatic carbocycles. The van der Waals surface area contributed by atoms with E-state index >= 15 is 0 Å². The maximum Gasteiger partial charge on any atom is 0.472 e. The van der Waals surface area contributed by atoms with E-state index in [1.807, 2.05) is 0 Å². The second-order valence-corrected chi connectivity index (χ2v) is 13.1. The first kappa shape index (κ1) is 39.1. The van der Waals surface area contributed by atoms with Crippen LogP contribution in [0.1, 0.15) is 117 Å². The molecular formula is C26H51NO13P2. The summed E-state index contributed by atoms with van der Waals surface area (Å²) in [4.78, 5) is 63.6. The monoisotopic (exact) mass is 647 g/mol. The van der Waals surface area contributed by atoms with Crippen LogP contribution in [0, 0.1) is 0 Å². The van der Waals surface area contributed by atoms with E-state index in [1.165, 1.54) is 0 Å². The molecule has 1 saturated heterocycles. The SMILES string of the molecule is CCCCCCCCCC(=O)N[C@H]1[C@@H](OP(=O)(O)O)O[C@H](CO)[C@@H](OP(=O)(O)O)[C@@H]1OC(=O)CCCCCCCCC. The molecule has 0 saturated carbocycles. The fourth-order valence-corrected chi connectivity index (χ4v) is 5.82. The zero-order valence-corrected chi connectivity index (χ0v) is 26.6. The second-order valence-electron chi connectivity index (χ2n) is 10.7. The summed E-state index contributed by atoms with van der Waals surface area (Å²) in [5.41, 5.74) is 0. The minimum absolute atomic E-state index is 0.0268. The van der Waals surface area contributed by atoms with Crippen molar-refractivity contribution in [2.75, 3.05) is 6.61 Å². The number of nitrogens with one attached hydrogen (secondary N) is 1. The summed E-state index contributed by atoms with van der Waals surface area (Å²) in [5, 5.41) is 12.3. The largest absolute Gasteiger partial charge is 0.472 e. The molecule has 16 heteroatoms. The van der Waals surface area contributed by atoms with Gasteiger partial charge in [-0.2, -0.15) is 0 Å². The molecule has 1 fully saturated rings. The zero-order valence-electron chi connectivity index (χ0n) is 24.8. The highest BCUT2D eigenvalue weighted by atomic mass is 31.2. The Hall–Kier alpha value is -0.920. The molecule has 248 valence electrons. The third-order valence-electron chi connectivity index (χ3n) is 6.91. The molecule has 0 bridgehead atoms. The fourth-order valence-electron chi connectivity index (χ4n) is 4.79. The Balaban J connectivity index is 3.06. The van der Waals surface area contributed by atoms with Gasteiger partial charge in [0.2, 0.25) is 5.91 Å². The van der Waals surface area contributed by atoms with E-state index in [0.717, 1.165) is 77.0 Å². The molecule has 1 rings (SSSR count). The van der Waals surface area contributed by atoms with Gasteiger partial charge in [0.05, 0.1) is 6.61 Å². The van der Waals surface area contributed by atoms with Crippen molar-refractivity contribution >= 4 is 27.5 Å². The molecule has 0 spiro atoms. The molecule has 1 aliphatic heterocycles. The molecule has 0 aliphatic carbocycles. The van der Waals surface area contributed by atoms with E-state index < -0.39 is 64.8 Å². The number of esters is 1. The Morgan fingerprint density at radius 2 is 1.19 bits per heavy atom. The Bertz CT molecular complexity index is 865. The number of aliphatic hydroxyl groups excluding tert-OH is 1. The van der Waals surface area contributed by atoms with Gasteiger partial charge in [0.1, 0.15) is 18.2 Å². The number of phosphoric ester groups is 2. The average Bonchev–Trinajstić information content (AvgIpc) is 2.89. The number of amides is 1. The van der Waals surface area contributed by atoms with E-state index in [-0.39, 0.29) is 12.8 Å². The number of carbonyl (C=O) groups excluding carboxylic acids is 2. The molecule has 1 aliphatic rings. The molecule has 6 N–H and O–H groups in total. The maximum atomic E-state index is 12.9. The fraction of sp³-hybridized carbons (Fsp3) is 0.923. The average molecular weight is 648 g/mol. The summed E-state index contributed by atoms with van der Waals surface area (Å²) in [6, 6.07) is -1.62. The Labute approximate surface area is 248 Å². The molecule has 0 radical (unpaired) electrons. The van der Waals surface area contributed by atoms with Crippen molar-refractivity contribution in [3.05, 3.63) is 0 Å². The van der Waals surface area contributed by atoms with E-state index in [9.17, 15) is 43.4 Å². The van der Waals surface area contributed by atoms with Crippen molar-refractivity contribution in [3.63, 3.8) is 0 Å². The summed E-state index contributed by atoms with van der Waals surface area (Å²) in [5.74, 6) is -1.37. The van der Waals surface area contributed by atoms with Crippen LogP contribution in [0.4, 0.5) is 0 Å². The van der Waals surface area contributed by atoms with Crippen molar-refractivity contribution in [3.8, 4) is 0 Å². The number of hydrogen-bond donors (Lipinski definition) is 6. The third kappa shape index (κ3) is 17.4. The highest BCUT2D eigenvalue weighted by Crippen LogP contribution is 2.45. The summed E-state index contributed by atoms with van der Waals surface area (Å²) in [6.45, 7) is 3.29. The summed E-state index contributed by atoms with van der Waals surface area (Å²) >= 11 is 0. The summed E-state index contributed by atoms with van der Waals surface area (Å²) in [7, 11) is -10.5. The summed E-state index contributed by atoms with van der Waals surface area (Å²) < 4.78 is 43.9. The van der Waals surface area contributed by atoms with Crippen LogP contribution in [0.15, 0.2) is 0 Å². The highest BCUT2D eigenvalue weighted by molar-refractivity contribution is 7.46. The van der Waals surface area contributed by atoms with Crippen LogP contribution in [-0.4, -0.2) is 73.8 Å². The van der Waals surface area contributed by atoms with Crippen LogP contribution in [0.2, 0.25) is 0 Å². The van der Waals surface area contributed by atoms with Gasteiger partial charge in [-0.25, -0.2) is 9.13 Å². The van der Waals surface area contributed by atoms with Gasteiger partial charge < -0.3 is 39.5 Å². The highest BCUT2D eigenvalue weighted by Gasteiger charge is 2.53. The molecule has 14 nitrogen and oxygen atoms in total. The number of hydrogen-bond acceptors (Lipinski definition) is 9. The van der Waals surface area contributed by atoms with Crippen LogP contribution < -0.4 is 5.32 Å². The van der Waals surface area contributed by atoms with Crippen LogP contribution >= 0.6 is 15.6 Å². The summed E-state index contributed by atoms with van der Waals surface area (Å²) in [6.07, 6.45) is 5.97. The minimum atomic E-state index is -5.25. The smallest absolute Gasteiger partial charge is 0.457 e. The Kier molecular flexibility index (Phi) is 19.5. The first-order valence-corrected chi connectivity index (χ1v) is 18.1. The van der Waals surface area contributed by atoms with Gasteiger partial charge in [-0.05, 0) is 12.8 Å². The van der Waals surface area contributed by atoms with Crippen LogP contribution in [0.5, 0.6) is 0 Å². The van der Waals surface area contributed by atoms with Crippen molar-refractivity contribution < 1.29 is 61.9 Å². The molecule has 5 atom stereocenters. The van der Waals surface area contributed by atoms with E-state index in [2.05, 4.69) is 19.2 Å². The maximum absolute atomic E-state index is 12.9. The normalized spacial score (nSPS) is 23.1. The van der Waals surface area contributed by atoms with Gasteiger partial charge >= 0.3 is 21.6 Å². The lowest BCUT2D eigenvalue weighted by Gasteiger charge is -2.45. The van der Waals surface area contributed by atoms with Crippen molar-refractivity contribution in [2.24, 2.45) is 0 Å². The van der Waals surface area contributed by atoms with Gasteiger partial charge in [0.25, 0.3) is 0 Å². The molecule has 1 amide bonds. The van der Waals surface area contributed by atoms with Crippen molar-refractivity contribution in [1.82, 2.24) is 5.32 Å². The second kappa shape index (κ2) is 20.9. The van der Waals surface area contributed by atoms with Crippen LogP contribution in [0.25, 0.3) is 0 Å². The lowest BCUT2D eigenvalue weighted by atomic mass is 9.96. The molecule has 0 unspecified atom stereocenters. The van der Waals surface area contributed by atoms with E-state index in [0.29, 0.717) is 12.8 Å². The first-order chi connectivity index (χ1) is 19.8. The molecule has 0 aromatic heterocycles. The minimum Gasteiger partial charge on any atom is -0.457 e. The molecule has 0 aromatic rings. The number of carbonyl (C=O) groups is 2. The van der Waals surface area contributed by atoms with Crippen LogP contribution in [0.3, 0.4) is 0 Å². The third-order valence-corrected chi connectivity index (χ3v) is 7.91. The topological polar surface area (TPSA) is 218 Å². The number of phosphoric acid groups is 2. The Morgan fingerprint density at radius 3 is 1.67 bits per heavy atom. The van der Waals surface area contributed by atoms with Gasteiger partial charge in [0.15, 0.2) is 12.4 Å². The van der Waals surface area contributed by atoms with Gasteiger partial charge in [-0.3, -0.25) is 18.6 Å². The zero-order chi connectivity index (χ0) is 31.6. The molecular weight excluding hydrogens is 596 g/mol. The van der Waals surface area contributed by atoms with Crippen molar-refractivity contribution in [2.45, 2.75) is 147 Å². The lowest BCUT2D eigenvalue weighted by Crippen LogP contribution is -2.66. The number of ether oxygens (including phenoxy) is 2. The van der Waals surface area contributed by atoms with Crippen molar-refractivity contribution in [1.29, 1.82) is 0 Å². The molecule has 1 heterocycles. The van der Waals surface area contributed by atoms with Gasteiger partial charge in [-0.1, -0.05) is 90.9 Å². The van der Waals surface area contributed by atoms with Gasteiger partial charge in [-0.15, -0.1) is 0 Å². The predicted octanol–water partition coefficient (Wildman–Crippen LogP) is 3.97. The standard InChI is InChI=1S/C26H51NO13P2/c1-3-5-7-9-11-13-15-17-21(29)27-23-25(38-22(30)18-16-14-12-10-8-6-4-2)24(39-41(31,32)33)20(19-28)37-26(23)40-42(34,35)36/h20,23-26,28H,3-19H2,1-2H3,(H,27,29)(H2,31,32,33)(H2,34,35,36)/t20-,23-,24-,25-,26-/m1/s1. The first-order valence-electron chi connectivity index (χ1n) is 15.0. The predicted molar refractivity (Wildman–Crippen MR) is 153 cm³/mol. The Morgan fingerprint density at radius 1 is 0.714 bits per heavy atom. The van der Waals surface area contributed by atoms with Gasteiger partial charge in [0, 0.05) is 12.8 Å².